The first kappa shape index (κ1) is 19.9. The maximum atomic E-state index is 12.1. The highest BCUT2D eigenvalue weighted by Gasteiger charge is 2.17. The minimum absolute atomic E-state index is 0.344. The molecule has 150 valence electrons. The van der Waals surface area contributed by atoms with Crippen LogP contribution in [0.3, 0.4) is 0 Å². The Morgan fingerprint density at radius 2 is 1.80 bits per heavy atom. The minimum Gasteiger partial charge on any atom is -0.267 e. The zero-order valence-electron chi connectivity index (χ0n) is 16.5. The summed E-state index contributed by atoms with van der Waals surface area (Å²) in [7, 11) is 0. The highest BCUT2D eigenvalue weighted by Crippen LogP contribution is 2.22. The first-order valence-electron chi connectivity index (χ1n) is 9.70. The molecular formula is C24H21ClN4O. The summed E-state index contributed by atoms with van der Waals surface area (Å²) in [5.41, 5.74) is 8.30. The Balaban J connectivity index is 1.38. The van der Waals surface area contributed by atoms with E-state index in [1.165, 1.54) is 11.1 Å². The summed E-state index contributed by atoms with van der Waals surface area (Å²) >= 11 is 6.02. The Bertz CT molecular complexity index is 1100. The molecule has 30 heavy (non-hydrogen) atoms. The second-order valence-electron chi connectivity index (χ2n) is 7.06. The summed E-state index contributed by atoms with van der Waals surface area (Å²) in [6.07, 6.45) is 2.52. The molecule has 1 heterocycles. The van der Waals surface area contributed by atoms with Crippen molar-refractivity contribution < 1.29 is 4.79 Å². The summed E-state index contributed by atoms with van der Waals surface area (Å²) in [6.45, 7) is 2.93. The van der Waals surface area contributed by atoms with Crippen LogP contribution in [-0.2, 0) is 0 Å². The number of amides is 1. The van der Waals surface area contributed by atoms with Gasteiger partial charge in [0.05, 0.1) is 28.2 Å². The van der Waals surface area contributed by atoms with E-state index in [2.05, 4.69) is 41.7 Å². The number of hydrogen-bond acceptors (Lipinski definition) is 4. The fraction of sp³-hybridized carbons (Fsp3) is 0.125. The van der Waals surface area contributed by atoms with Gasteiger partial charge in [-0.05, 0) is 42.3 Å². The van der Waals surface area contributed by atoms with Gasteiger partial charge in [0, 0.05) is 13.0 Å². The Morgan fingerprint density at radius 1 is 1.07 bits per heavy atom. The van der Waals surface area contributed by atoms with Crippen molar-refractivity contribution >= 4 is 35.1 Å². The smallest absolute Gasteiger partial charge is 0.267 e. The average molecular weight is 417 g/mol. The molecule has 1 aliphatic heterocycles. The van der Waals surface area contributed by atoms with Crippen LogP contribution < -0.4 is 10.4 Å². The number of halogens is 1. The number of aryl methyl sites for hydroxylation is 1. The molecule has 0 spiro atoms. The quantitative estimate of drug-likeness (QED) is 0.468. The van der Waals surface area contributed by atoms with E-state index in [-0.39, 0.29) is 5.91 Å². The van der Waals surface area contributed by atoms with E-state index in [0.717, 1.165) is 29.9 Å². The van der Waals surface area contributed by atoms with Gasteiger partial charge < -0.3 is 0 Å². The van der Waals surface area contributed by atoms with Gasteiger partial charge in [-0.15, -0.1) is 0 Å². The maximum Gasteiger partial charge on any atom is 0.272 e. The number of anilines is 1. The molecule has 0 fully saturated rings. The predicted octanol–water partition coefficient (Wildman–Crippen LogP) is 5.03. The fourth-order valence-electron chi connectivity index (χ4n) is 3.20. The third-order valence-electron chi connectivity index (χ3n) is 4.88. The molecule has 5 nitrogen and oxygen atoms in total. The predicted molar refractivity (Wildman–Crippen MR) is 123 cm³/mol. The van der Waals surface area contributed by atoms with Crippen LogP contribution >= 0.6 is 11.6 Å². The lowest BCUT2D eigenvalue weighted by Gasteiger charge is -2.13. The number of hydrogen-bond donors (Lipinski definition) is 1. The molecule has 0 saturated heterocycles. The van der Waals surface area contributed by atoms with Crippen LogP contribution in [0.4, 0.5) is 5.69 Å². The molecule has 0 aliphatic carbocycles. The van der Waals surface area contributed by atoms with Gasteiger partial charge in [-0.1, -0.05) is 65.7 Å². The van der Waals surface area contributed by atoms with Crippen LogP contribution in [-0.4, -0.2) is 24.4 Å². The highest BCUT2D eigenvalue weighted by molar-refractivity contribution is 6.33. The third kappa shape index (κ3) is 4.58. The topological polar surface area (TPSA) is 57.1 Å². The van der Waals surface area contributed by atoms with E-state index in [1.54, 1.807) is 30.5 Å². The van der Waals surface area contributed by atoms with Gasteiger partial charge >= 0.3 is 0 Å². The summed E-state index contributed by atoms with van der Waals surface area (Å²) in [5.74, 6) is -0.344. The summed E-state index contributed by atoms with van der Waals surface area (Å²) in [4.78, 5) is 12.1. The van der Waals surface area contributed by atoms with Crippen molar-refractivity contribution in [1.82, 2.24) is 5.43 Å². The van der Waals surface area contributed by atoms with Crippen molar-refractivity contribution in [3.63, 3.8) is 0 Å². The molecule has 1 aliphatic rings. The lowest BCUT2D eigenvalue weighted by atomic mass is 10.1. The van der Waals surface area contributed by atoms with Gasteiger partial charge in [-0.2, -0.15) is 10.2 Å². The number of benzene rings is 3. The SMILES string of the molecule is Cc1ccc(C2=NN(c3ccc(/C=N/NC(=O)c4ccccc4Cl)cc3)CC2)cc1. The molecule has 0 radical (unpaired) electrons. The van der Waals surface area contributed by atoms with Gasteiger partial charge in [0.1, 0.15) is 0 Å². The Kier molecular flexibility index (Phi) is 5.91. The van der Waals surface area contributed by atoms with Crippen LogP contribution in [0.15, 0.2) is 83.0 Å². The van der Waals surface area contributed by atoms with Crippen molar-refractivity contribution in [3.8, 4) is 0 Å². The normalized spacial score (nSPS) is 13.5. The Hall–Kier alpha value is -3.44. The van der Waals surface area contributed by atoms with Gasteiger partial charge in [-0.3, -0.25) is 9.80 Å². The van der Waals surface area contributed by atoms with Gasteiger partial charge in [0.15, 0.2) is 0 Å². The molecule has 1 amide bonds. The average Bonchev–Trinajstić information content (AvgIpc) is 3.25. The first-order chi connectivity index (χ1) is 14.6. The number of carbonyl (C=O) groups excluding carboxylic acids is 1. The number of nitrogens with one attached hydrogen (secondary N) is 1. The Labute approximate surface area is 180 Å². The molecule has 0 atom stereocenters. The van der Waals surface area contributed by atoms with E-state index in [9.17, 15) is 4.79 Å². The highest BCUT2D eigenvalue weighted by atomic mass is 35.5. The maximum absolute atomic E-state index is 12.1. The molecule has 0 saturated carbocycles. The zero-order chi connectivity index (χ0) is 20.9. The largest absolute Gasteiger partial charge is 0.272 e. The fourth-order valence-corrected chi connectivity index (χ4v) is 3.42. The van der Waals surface area contributed by atoms with Gasteiger partial charge in [0.2, 0.25) is 0 Å². The lowest BCUT2D eigenvalue weighted by molar-refractivity contribution is 0.0955. The second kappa shape index (κ2) is 8.93. The van der Waals surface area contributed by atoms with E-state index < -0.39 is 0 Å². The Morgan fingerprint density at radius 3 is 2.53 bits per heavy atom. The third-order valence-corrected chi connectivity index (χ3v) is 5.21. The summed E-state index contributed by atoms with van der Waals surface area (Å²) < 4.78 is 0. The van der Waals surface area contributed by atoms with E-state index >= 15 is 0 Å². The minimum atomic E-state index is -0.344. The van der Waals surface area contributed by atoms with Crippen LogP contribution in [0.25, 0.3) is 0 Å². The van der Waals surface area contributed by atoms with Gasteiger partial charge in [-0.25, -0.2) is 5.43 Å². The lowest BCUT2D eigenvalue weighted by Crippen LogP contribution is -2.17. The van der Waals surface area contributed by atoms with Crippen molar-refractivity contribution in [2.24, 2.45) is 10.2 Å². The van der Waals surface area contributed by atoms with Crippen molar-refractivity contribution in [3.05, 3.63) is 100 Å². The molecule has 3 aromatic rings. The molecule has 6 heteroatoms. The van der Waals surface area contributed by atoms with Crippen LogP contribution in [0.5, 0.6) is 0 Å². The summed E-state index contributed by atoms with van der Waals surface area (Å²) in [6, 6.07) is 23.2. The molecule has 0 bridgehead atoms. The second-order valence-corrected chi connectivity index (χ2v) is 7.46. The number of nitrogens with zero attached hydrogens (tertiary/aromatic N) is 3. The summed E-state index contributed by atoms with van der Waals surface area (Å²) in [5, 5.41) is 11.2. The molecular weight excluding hydrogens is 396 g/mol. The molecule has 1 N–H and O–H groups in total. The zero-order valence-corrected chi connectivity index (χ0v) is 17.3. The van der Waals surface area contributed by atoms with Crippen LogP contribution in [0.1, 0.15) is 33.5 Å². The molecule has 3 aromatic carbocycles. The molecule has 0 aromatic heterocycles. The number of hydrazone groups is 2. The monoisotopic (exact) mass is 416 g/mol. The van der Waals surface area contributed by atoms with E-state index in [4.69, 9.17) is 16.7 Å². The molecule has 0 unspecified atom stereocenters. The van der Waals surface area contributed by atoms with Crippen LogP contribution in [0, 0.1) is 6.92 Å². The van der Waals surface area contributed by atoms with E-state index in [0.29, 0.717) is 10.6 Å². The first-order valence-corrected chi connectivity index (χ1v) is 10.1. The van der Waals surface area contributed by atoms with Crippen molar-refractivity contribution in [2.75, 3.05) is 11.6 Å². The standard InChI is InChI=1S/C24H21ClN4O/c1-17-6-10-19(11-7-17)23-14-15-29(28-23)20-12-8-18(9-13-20)16-26-27-24(30)21-4-2-3-5-22(21)25/h2-13,16H,14-15H2,1H3,(H,27,30)/b26-16+. The van der Waals surface area contributed by atoms with E-state index in [1.807, 2.05) is 29.3 Å². The van der Waals surface area contributed by atoms with Crippen LogP contribution in [0.2, 0.25) is 5.02 Å². The molecule has 4 rings (SSSR count). The van der Waals surface area contributed by atoms with Crippen molar-refractivity contribution in [1.29, 1.82) is 0 Å². The number of rotatable bonds is 5. The number of carbonyl (C=O) groups is 1. The van der Waals surface area contributed by atoms with Crippen molar-refractivity contribution in [2.45, 2.75) is 13.3 Å². The van der Waals surface area contributed by atoms with Gasteiger partial charge in [0.25, 0.3) is 5.91 Å².